The molecule has 4 rings (SSSR count). The van der Waals surface area contributed by atoms with Crippen LogP contribution >= 0.6 is 39.1 Å². The quantitative estimate of drug-likeness (QED) is 0.590. The van der Waals surface area contributed by atoms with E-state index in [1.807, 2.05) is 23.1 Å². The number of fused-ring (bicyclic) bond motifs is 1. The van der Waals surface area contributed by atoms with Crippen molar-refractivity contribution < 1.29 is 13.2 Å². The van der Waals surface area contributed by atoms with E-state index in [1.54, 1.807) is 6.07 Å². The van der Waals surface area contributed by atoms with Gasteiger partial charge in [-0.1, -0.05) is 39.1 Å². The Labute approximate surface area is 188 Å². The van der Waals surface area contributed by atoms with Crippen molar-refractivity contribution in [1.82, 2.24) is 4.31 Å². The van der Waals surface area contributed by atoms with Gasteiger partial charge in [0.15, 0.2) is 0 Å². The van der Waals surface area contributed by atoms with Crippen molar-refractivity contribution in [3.63, 3.8) is 0 Å². The maximum absolute atomic E-state index is 13.1. The predicted octanol–water partition coefficient (Wildman–Crippen LogP) is 4.75. The molecule has 0 N–H and O–H groups in total. The third-order valence-electron chi connectivity index (χ3n) is 5.52. The Kier molecular flexibility index (Phi) is 5.97. The predicted molar refractivity (Wildman–Crippen MR) is 118 cm³/mol. The van der Waals surface area contributed by atoms with Crippen molar-refractivity contribution >= 4 is 60.7 Å². The molecular weight excluding hydrogens is 499 g/mol. The average molecular weight is 518 g/mol. The number of rotatable bonds is 3. The summed E-state index contributed by atoms with van der Waals surface area (Å²) in [4.78, 5) is 14.9. The number of carbonyl (C=O) groups excluding carboxylic acids is 1. The second-order valence-corrected chi connectivity index (χ2v) is 10.9. The molecule has 29 heavy (non-hydrogen) atoms. The van der Waals surface area contributed by atoms with Crippen molar-refractivity contribution in [2.75, 3.05) is 24.5 Å². The molecule has 2 aromatic rings. The topological polar surface area (TPSA) is 57.7 Å². The fourth-order valence-electron chi connectivity index (χ4n) is 3.98. The van der Waals surface area contributed by atoms with Crippen LogP contribution in [-0.4, -0.2) is 38.3 Å². The number of hydrogen-bond donors (Lipinski definition) is 0. The first-order chi connectivity index (χ1) is 13.8. The van der Waals surface area contributed by atoms with Gasteiger partial charge in [0.1, 0.15) is 4.90 Å². The minimum absolute atomic E-state index is 0.00971. The van der Waals surface area contributed by atoms with Crippen LogP contribution in [-0.2, 0) is 21.2 Å². The van der Waals surface area contributed by atoms with Crippen LogP contribution in [0.2, 0.25) is 10.0 Å². The van der Waals surface area contributed by atoms with Crippen LogP contribution in [0.5, 0.6) is 0 Å². The molecule has 0 spiro atoms. The maximum Gasteiger partial charge on any atom is 0.244 e. The molecule has 0 unspecified atom stereocenters. The zero-order valence-electron chi connectivity index (χ0n) is 15.4. The van der Waals surface area contributed by atoms with Crippen LogP contribution in [0.1, 0.15) is 18.4 Å². The second-order valence-electron chi connectivity index (χ2n) is 7.27. The third kappa shape index (κ3) is 4.08. The maximum atomic E-state index is 13.1. The molecule has 0 aromatic heterocycles. The molecule has 0 aliphatic carbocycles. The molecule has 0 atom stereocenters. The van der Waals surface area contributed by atoms with Gasteiger partial charge in [-0.3, -0.25) is 4.79 Å². The highest BCUT2D eigenvalue weighted by Crippen LogP contribution is 2.34. The molecule has 1 amide bonds. The third-order valence-corrected chi connectivity index (χ3v) is 8.63. The van der Waals surface area contributed by atoms with Crippen LogP contribution < -0.4 is 4.90 Å². The summed E-state index contributed by atoms with van der Waals surface area (Å²) in [5.41, 5.74) is 2.11. The van der Waals surface area contributed by atoms with Crippen molar-refractivity contribution in [2.24, 2.45) is 5.92 Å². The largest absolute Gasteiger partial charge is 0.312 e. The van der Waals surface area contributed by atoms with Crippen LogP contribution in [0.25, 0.3) is 0 Å². The number of anilines is 1. The lowest BCUT2D eigenvalue weighted by atomic mass is 9.96. The fourth-order valence-corrected chi connectivity index (χ4v) is 6.59. The Balaban J connectivity index is 1.46. The number of benzene rings is 2. The van der Waals surface area contributed by atoms with Crippen molar-refractivity contribution in [3.05, 3.63) is 56.5 Å². The highest BCUT2D eigenvalue weighted by Gasteiger charge is 2.36. The van der Waals surface area contributed by atoms with Gasteiger partial charge in [0.2, 0.25) is 15.9 Å². The minimum atomic E-state index is -3.75. The minimum Gasteiger partial charge on any atom is -0.312 e. The van der Waals surface area contributed by atoms with E-state index in [4.69, 9.17) is 23.2 Å². The van der Waals surface area contributed by atoms with Gasteiger partial charge in [0, 0.05) is 40.7 Å². The Hall–Kier alpha value is -1.12. The molecule has 0 saturated carbocycles. The lowest BCUT2D eigenvalue weighted by molar-refractivity contribution is -0.123. The molecule has 0 bridgehead atoms. The first-order valence-corrected chi connectivity index (χ1v) is 12.3. The Bertz CT molecular complexity index is 1070. The highest BCUT2D eigenvalue weighted by molar-refractivity contribution is 9.10. The number of hydrogen-bond acceptors (Lipinski definition) is 3. The summed E-state index contributed by atoms with van der Waals surface area (Å²) in [6.07, 6.45) is 1.80. The molecule has 2 heterocycles. The first kappa shape index (κ1) is 21.1. The summed E-state index contributed by atoms with van der Waals surface area (Å²) in [6, 6.07) is 10.4. The lowest BCUT2D eigenvalue weighted by Gasteiger charge is -2.32. The smallest absolute Gasteiger partial charge is 0.244 e. The van der Waals surface area contributed by atoms with Crippen LogP contribution in [0.4, 0.5) is 5.69 Å². The number of sulfonamides is 1. The van der Waals surface area contributed by atoms with Crippen molar-refractivity contribution in [3.8, 4) is 0 Å². The van der Waals surface area contributed by atoms with E-state index in [0.717, 1.165) is 22.1 Å². The standard InChI is InChI=1S/C20H19BrCl2N2O3S/c21-15-1-4-18-14(11-15)7-10-25(18)20(26)13-5-8-24(9-6-13)29(27,28)19-12-16(22)2-3-17(19)23/h1-4,11-13H,5-10H2. The summed E-state index contributed by atoms with van der Waals surface area (Å²) in [5, 5.41) is 0.463. The summed E-state index contributed by atoms with van der Waals surface area (Å²) >= 11 is 15.5. The van der Waals surface area contributed by atoms with E-state index in [2.05, 4.69) is 15.9 Å². The molecule has 2 aliphatic rings. The van der Waals surface area contributed by atoms with E-state index in [-0.39, 0.29) is 34.8 Å². The second kappa shape index (κ2) is 8.19. The summed E-state index contributed by atoms with van der Waals surface area (Å²) in [5.74, 6) is -0.116. The van der Waals surface area contributed by atoms with Crippen LogP contribution in [0.3, 0.4) is 0 Å². The zero-order valence-corrected chi connectivity index (χ0v) is 19.4. The Morgan fingerprint density at radius 2 is 1.76 bits per heavy atom. The van der Waals surface area contributed by atoms with Gasteiger partial charge in [0.25, 0.3) is 0 Å². The molecular formula is C20H19BrCl2N2O3S. The molecule has 154 valence electrons. The molecule has 2 aliphatic heterocycles. The van der Waals surface area contributed by atoms with Gasteiger partial charge < -0.3 is 4.90 Å². The number of nitrogens with zero attached hydrogens (tertiary/aromatic N) is 2. The van der Waals surface area contributed by atoms with E-state index in [0.29, 0.717) is 24.4 Å². The van der Waals surface area contributed by atoms with Gasteiger partial charge in [-0.2, -0.15) is 4.31 Å². The SMILES string of the molecule is O=C(C1CCN(S(=O)(=O)c2cc(Cl)ccc2Cl)CC1)N1CCc2cc(Br)ccc21. The van der Waals surface area contributed by atoms with E-state index < -0.39 is 10.0 Å². The van der Waals surface area contributed by atoms with Gasteiger partial charge >= 0.3 is 0 Å². The average Bonchev–Trinajstić information content (AvgIpc) is 3.12. The molecule has 9 heteroatoms. The normalized spacial score (nSPS) is 18.1. The van der Waals surface area contributed by atoms with Crippen molar-refractivity contribution in [2.45, 2.75) is 24.2 Å². The summed E-state index contributed by atoms with van der Waals surface area (Å²) in [7, 11) is -3.75. The Morgan fingerprint density at radius 3 is 2.48 bits per heavy atom. The van der Waals surface area contributed by atoms with Crippen LogP contribution in [0, 0.1) is 5.92 Å². The molecule has 2 aromatic carbocycles. The molecule has 1 saturated heterocycles. The fraction of sp³-hybridized carbons (Fsp3) is 0.350. The molecule has 1 fully saturated rings. The van der Waals surface area contributed by atoms with Gasteiger partial charge in [-0.05, 0) is 61.2 Å². The lowest BCUT2D eigenvalue weighted by Crippen LogP contribution is -2.44. The van der Waals surface area contributed by atoms with Gasteiger partial charge in [-0.15, -0.1) is 0 Å². The Morgan fingerprint density at radius 1 is 1.03 bits per heavy atom. The molecule has 0 radical (unpaired) electrons. The van der Waals surface area contributed by atoms with E-state index in [1.165, 1.54) is 16.4 Å². The first-order valence-electron chi connectivity index (χ1n) is 9.32. The summed E-state index contributed by atoms with van der Waals surface area (Å²) < 4.78 is 28.3. The number of amides is 1. The zero-order chi connectivity index (χ0) is 20.8. The van der Waals surface area contributed by atoms with Crippen molar-refractivity contribution in [1.29, 1.82) is 0 Å². The number of halogens is 3. The summed E-state index contributed by atoms with van der Waals surface area (Å²) in [6.45, 7) is 1.23. The van der Waals surface area contributed by atoms with E-state index in [9.17, 15) is 13.2 Å². The van der Waals surface area contributed by atoms with Crippen LogP contribution in [0.15, 0.2) is 45.8 Å². The van der Waals surface area contributed by atoms with Gasteiger partial charge in [0.05, 0.1) is 5.02 Å². The number of piperidine rings is 1. The number of carbonyl (C=O) groups is 1. The van der Waals surface area contributed by atoms with E-state index >= 15 is 0 Å². The molecule has 5 nitrogen and oxygen atoms in total. The highest BCUT2D eigenvalue weighted by atomic mass is 79.9. The monoisotopic (exact) mass is 516 g/mol. The van der Waals surface area contributed by atoms with Gasteiger partial charge in [-0.25, -0.2) is 8.42 Å².